The summed E-state index contributed by atoms with van der Waals surface area (Å²) in [5.74, 6) is -0.294. The van der Waals surface area contributed by atoms with Crippen LogP contribution in [-0.4, -0.2) is 48.4 Å². The maximum atomic E-state index is 14.6. The summed E-state index contributed by atoms with van der Waals surface area (Å²) in [6.07, 6.45) is 3.74. The molecule has 0 fully saturated rings. The predicted octanol–water partition coefficient (Wildman–Crippen LogP) is 2.08. The lowest BCUT2D eigenvalue weighted by molar-refractivity contribution is 0.0986. The fourth-order valence-corrected chi connectivity index (χ4v) is 3.02. The van der Waals surface area contributed by atoms with E-state index in [1.54, 1.807) is 47.7 Å². The summed E-state index contributed by atoms with van der Waals surface area (Å²) in [5.41, 5.74) is 3.88. The largest absolute Gasteiger partial charge is 0.393 e. The van der Waals surface area contributed by atoms with Gasteiger partial charge in [0.15, 0.2) is 5.65 Å². The lowest BCUT2D eigenvalue weighted by Crippen LogP contribution is -2.07. The van der Waals surface area contributed by atoms with Crippen molar-refractivity contribution in [2.45, 2.75) is 13.3 Å². The van der Waals surface area contributed by atoms with E-state index in [2.05, 4.69) is 20.3 Å². The van der Waals surface area contributed by atoms with E-state index in [1.807, 2.05) is 6.07 Å². The molecular formula is C19H19FN6O2. The van der Waals surface area contributed by atoms with E-state index in [9.17, 15) is 4.39 Å². The van der Waals surface area contributed by atoms with Crippen LogP contribution in [0, 0.1) is 5.82 Å². The second-order valence-corrected chi connectivity index (χ2v) is 6.42. The number of hydrogen-bond acceptors (Lipinski definition) is 6. The van der Waals surface area contributed by atoms with E-state index >= 15 is 0 Å². The van der Waals surface area contributed by atoms with Crippen LogP contribution in [0.15, 0.2) is 41.8 Å². The van der Waals surface area contributed by atoms with Crippen LogP contribution in [0.1, 0.15) is 23.9 Å². The van der Waals surface area contributed by atoms with Gasteiger partial charge in [0, 0.05) is 24.9 Å². The molecule has 4 aromatic rings. The summed E-state index contributed by atoms with van der Waals surface area (Å²) >= 11 is 0. The van der Waals surface area contributed by atoms with Crippen LogP contribution in [0.5, 0.6) is 0 Å². The van der Waals surface area contributed by atoms with Crippen molar-refractivity contribution in [3.63, 3.8) is 0 Å². The molecule has 0 spiro atoms. The van der Waals surface area contributed by atoms with E-state index in [-0.39, 0.29) is 19.0 Å². The Morgan fingerprint density at radius 1 is 1.29 bits per heavy atom. The van der Waals surface area contributed by atoms with Gasteiger partial charge in [0.05, 0.1) is 30.2 Å². The standard InChI is InChI=1S/C19H19FN6O2/c1-12(24-28-6-5-27)17-3-4-19-21-11-15(26(19)23-17)8-13-7-14-10-22-25(2)18(14)9-16(13)20/h3-4,7,9-11,27H,5-6,8H2,1-2H3/b24-12+. The number of nitrogens with zero attached hydrogens (tertiary/aromatic N) is 6. The molecule has 1 aromatic carbocycles. The number of benzene rings is 1. The number of aliphatic hydroxyl groups is 1. The Bertz CT molecular complexity index is 1180. The fraction of sp³-hybridized carbons (Fsp3) is 0.263. The average molecular weight is 382 g/mol. The second-order valence-electron chi connectivity index (χ2n) is 6.42. The smallest absolute Gasteiger partial charge is 0.153 e. The fourth-order valence-electron chi connectivity index (χ4n) is 3.02. The first-order valence-electron chi connectivity index (χ1n) is 8.78. The van der Waals surface area contributed by atoms with Crippen LogP contribution in [0.3, 0.4) is 0 Å². The highest BCUT2D eigenvalue weighted by Crippen LogP contribution is 2.21. The highest BCUT2D eigenvalue weighted by Gasteiger charge is 2.13. The van der Waals surface area contributed by atoms with Crippen LogP contribution in [0.2, 0.25) is 0 Å². The van der Waals surface area contributed by atoms with Crippen LogP contribution in [0.4, 0.5) is 4.39 Å². The zero-order valence-electron chi connectivity index (χ0n) is 15.5. The van der Waals surface area contributed by atoms with Gasteiger partial charge in [0.25, 0.3) is 0 Å². The Kier molecular flexibility index (Phi) is 4.74. The Balaban J connectivity index is 1.68. The number of oxime groups is 1. The molecule has 0 amide bonds. The molecule has 0 aliphatic heterocycles. The van der Waals surface area contributed by atoms with E-state index in [1.165, 1.54) is 6.07 Å². The Morgan fingerprint density at radius 3 is 2.96 bits per heavy atom. The van der Waals surface area contributed by atoms with Gasteiger partial charge in [-0.05, 0) is 30.7 Å². The second kappa shape index (κ2) is 7.35. The minimum atomic E-state index is -0.294. The Morgan fingerprint density at radius 2 is 2.14 bits per heavy atom. The number of hydrogen-bond donors (Lipinski definition) is 1. The highest BCUT2D eigenvalue weighted by atomic mass is 19.1. The minimum absolute atomic E-state index is 0.109. The van der Waals surface area contributed by atoms with Gasteiger partial charge in [0.1, 0.15) is 23.8 Å². The zero-order valence-corrected chi connectivity index (χ0v) is 15.5. The number of aliphatic hydroxyl groups excluding tert-OH is 1. The van der Waals surface area contributed by atoms with E-state index < -0.39 is 0 Å². The molecule has 0 saturated heterocycles. The van der Waals surface area contributed by atoms with Crippen molar-refractivity contribution >= 4 is 22.3 Å². The molecule has 0 unspecified atom stereocenters. The molecule has 3 heterocycles. The lowest BCUT2D eigenvalue weighted by Gasteiger charge is -2.06. The predicted molar refractivity (Wildman–Crippen MR) is 102 cm³/mol. The van der Waals surface area contributed by atoms with Gasteiger partial charge in [-0.15, -0.1) is 0 Å². The Labute approximate surface area is 159 Å². The normalized spacial score (nSPS) is 12.2. The van der Waals surface area contributed by atoms with Crippen LogP contribution >= 0.6 is 0 Å². The molecule has 0 aliphatic carbocycles. The number of aromatic nitrogens is 5. The van der Waals surface area contributed by atoms with Gasteiger partial charge in [0.2, 0.25) is 0 Å². The SMILES string of the molecule is C/C(=N\OCCO)c1ccc2ncc(Cc3cc4cnn(C)c4cc3F)n2n1. The van der Waals surface area contributed by atoms with Gasteiger partial charge < -0.3 is 9.94 Å². The number of halogens is 1. The summed E-state index contributed by atoms with van der Waals surface area (Å²) in [6, 6.07) is 6.90. The molecule has 144 valence electrons. The van der Waals surface area contributed by atoms with Crippen molar-refractivity contribution in [3.8, 4) is 0 Å². The van der Waals surface area contributed by atoms with E-state index in [0.717, 1.165) is 16.6 Å². The Hall–Kier alpha value is -3.33. The summed E-state index contributed by atoms with van der Waals surface area (Å²) in [6.45, 7) is 1.77. The lowest BCUT2D eigenvalue weighted by atomic mass is 10.1. The molecule has 8 nitrogen and oxygen atoms in total. The molecule has 0 saturated carbocycles. The highest BCUT2D eigenvalue weighted by molar-refractivity contribution is 5.96. The van der Waals surface area contributed by atoms with Crippen molar-refractivity contribution in [1.29, 1.82) is 0 Å². The molecule has 0 aliphatic rings. The summed E-state index contributed by atoms with van der Waals surface area (Å²) in [4.78, 5) is 9.34. The third-order valence-corrected chi connectivity index (χ3v) is 4.47. The molecule has 3 aromatic heterocycles. The quantitative estimate of drug-likeness (QED) is 0.313. The molecule has 0 radical (unpaired) electrons. The van der Waals surface area contributed by atoms with Crippen LogP contribution in [-0.2, 0) is 18.3 Å². The first-order chi connectivity index (χ1) is 13.6. The third-order valence-electron chi connectivity index (χ3n) is 4.47. The molecule has 0 atom stereocenters. The summed E-state index contributed by atoms with van der Waals surface area (Å²) < 4.78 is 17.9. The number of aryl methyl sites for hydroxylation is 1. The van der Waals surface area contributed by atoms with Crippen molar-refractivity contribution in [1.82, 2.24) is 24.4 Å². The minimum Gasteiger partial charge on any atom is -0.393 e. The number of rotatable bonds is 6. The van der Waals surface area contributed by atoms with Crippen molar-refractivity contribution in [2.24, 2.45) is 12.2 Å². The van der Waals surface area contributed by atoms with Gasteiger partial charge in [-0.3, -0.25) is 4.68 Å². The van der Waals surface area contributed by atoms with Crippen molar-refractivity contribution in [3.05, 3.63) is 59.4 Å². The first-order valence-corrected chi connectivity index (χ1v) is 8.78. The average Bonchev–Trinajstić information content (AvgIpc) is 3.26. The molecule has 28 heavy (non-hydrogen) atoms. The van der Waals surface area contributed by atoms with Crippen molar-refractivity contribution < 1.29 is 14.3 Å². The maximum Gasteiger partial charge on any atom is 0.153 e. The van der Waals surface area contributed by atoms with Crippen LogP contribution in [0.25, 0.3) is 16.6 Å². The summed E-state index contributed by atoms with van der Waals surface area (Å²) in [5, 5.41) is 22.3. The molecule has 4 rings (SSSR count). The van der Waals surface area contributed by atoms with Gasteiger partial charge in [-0.2, -0.15) is 10.2 Å². The molecule has 1 N–H and O–H groups in total. The molecular weight excluding hydrogens is 363 g/mol. The first kappa shape index (κ1) is 18.1. The van der Waals surface area contributed by atoms with E-state index in [4.69, 9.17) is 9.94 Å². The van der Waals surface area contributed by atoms with Crippen molar-refractivity contribution in [2.75, 3.05) is 13.2 Å². The van der Waals surface area contributed by atoms with Gasteiger partial charge >= 0.3 is 0 Å². The van der Waals surface area contributed by atoms with Gasteiger partial charge in [-0.25, -0.2) is 13.9 Å². The monoisotopic (exact) mass is 382 g/mol. The number of fused-ring (bicyclic) bond motifs is 2. The van der Waals surface area contributed by atoms with E-state index in [0.29, 0.717) is 29.0 Å². The molecule has 0 bridgehead atoms. The zero-order chi connectivity index (χ0) is 19.7. The maximum absolute atomic E-state index is 14.6. The van der Waals surface area contributed by atoms with Gasteiger partial charge in [-0.1, -0.05) is 5.16 Å². The summed E-state index contributed by atoms with van der Waals surface area (Å²) in [7, 11) is 1.78. The topological polar surface area (TPSA) is 89.8 Å². The third kappa shape index (κ3) is 3.31. The van der Waals surface area contributed by atoms with Crippen LogP contribution < -0.4 is 0 Å². The molecule has 9 heteroatoms. The number of imidazole rings is 1.